The van der Waals surface area contributed by atoms with E-state index in [0.29, 0.717) is 18.4 Å². The van der Waals surface area contributed by atoms with E-state index in [0.717, 1.165) is 25.7 Å². The molecule has 2 fully saturated rings. The molecule has 0 saturated heterocycles. The first-order valence-electron chi connectivity index (χ1n) is 8.91. The molecular weight excluding hydrogens is 280 g/mol. The number of carbonyl (C=O) groups is 1. The van der Waals surface area contributed by atoms with Gasteiger partial charge in [-0.2, -0.15) is 0 Å². The van der Waals surface area contributed by atoms with Gasteiger partial charge in [-0.15, -0.1) is 0 Å². The van der Waals surface area contributed by atoms with Crippen LogP contribution in [0.2, 0.25) is 0 Å². The van der Waals surface area contributed by atoms with Crippen molar-refractivity contribution in [2.75, 3.05) is 20.8 Å². The van der Waals surface area contributed by atoms with Gasteiger partial charge in [-0.25, -0.2) is 4.79 Å². The molecule has 0 radical (unpaired) electrons. The molecule has 0 aromatic carbocycles. The van der Waals surface area contributed by atoms with Gasteiger partial charge in [-0.05, 0) is 37.5 Å². The SMILES string of the molecule is COCC(C1CCCCC1)(C1CCCCC1)C(OC)C(=O)O. The van der Waals surface area contributed by atoms with Crippen LogP contribution >= 0.6 is 0 Å². The summed E-state index contributed by atoms with van der Waals surface area (Å²) in [6, 6.07) is 0. The van der Waals surface area contributed by atoms with Crippen molar-refractivity contribution in [1.82, 2.24) is 0 Å². The zero-order chi connectivity index (χ0) is 16.0. The highest BCUT2D eigenvalue weighted by Crippen LogP contribution is 2.52. The molecule has 1 atom stereocenters. The Bertz CT molecular complexity index is 325. The molecule has 0 aromatic heterocycles. The van der Waals surface area contributed by atoms with E-state index in [1.54, 1.807) is 14.2 Å². The van der Waals surface area contributed by atoms with E-state index in [1.807, 2.05) is 0 Å². The van der Waals surface area contributed by atoms with Crippen LogP contribution in [0.5, 0.6) is 0 Å². The van der Waals surface area contributed by atoms with Crippen molar-refractivity contribution >= 4 is 5.97 Å². The fraction of sp³-hybridized carbons (Fsp3) is 0.944. The van der Waals surface area contributed by atoms with Crippen LogP contribution < -0.4 is 0 Å². The second kappa shape index (κ2) is 8.30. The van der Waals surface area contributed by atoms with Crippen LogP contribution in [0.3, 0.4) is 0 Å². The molecule has 0 spiro atoms. The third-order valence-electron chi connectivity index (χ3n) is 6.07. The van der Waals surface area contributed by atoms with E-state index in [2.05, 4.69) is 0 Å². The minimum atomic E-state index is -0.823. The molecule has 22 heavy (non-hydrogen) atoms. The van der Waals surface area contributed by atoms with Crippen LogP contribution in [0.25, 0.3) is 0 Å². The quantitative estimate of drug-likeness (QED) is 0.775. The van der Waals surface area contributed by atoms with Crippen molar-refractivity contribution in [3.05, 3.63) is 0 Å². The molecule has 0 amide bonds. The molecule has 2 aliphatic carbocycles. The maximum atomic E-state index is 12.0. The topological polar surface area (TPSA) is 55.8 Å². The Labute approximate surface area is 134 Å². The second-order valence-electron chi connectivity index (χ2n) is 7.17. The Morgan fingerprint density at radius 3 is 1.77 bits per heavy atom. The van der Waals surface area contributed by atoms with Crippen LogP contribution in [0, 0.1) is 17.3 Å². The van der Waals surface area contributed by atoms with Gasteiger partial charge in [0, 0.05) is 19.6 Å². The van der Waals surface area contributed by atoms with Gasteiger partial charge >= 0.3 is 5.97 Å². The minimum absolute atomic E-state index is 0.365. The van der Waals surface area contributed by atoms with Crippen LogP contribution in [-0.2, 0) is 14.3 Å². The summed E-state index contributed by atoms with van der Waals surface area (Å²) in [5.41, 5.74) is -0.365. The van der Waals surface area contributed by atoms with Crippen molar-refractivity contribution in [2.24, 2.45) is 17.3 Å². The maximum absolute atomic E-state index is 12.0. The largest absolute Gasteiger partial charge is 0.479 e. The number of ether oxygens (including phenoxy) is 2. The van der Waals surface area contributed by atoms with E-state index in [4.69, 9.17) is 9.47 Å². The van der Waals surface area contributed by atoms with Gasteiger partial charge < -0.3 is 14.6 Å². The lowest BCUT2D eigenvalue weighted by Crippen LogP contribution is -2.55. The van der Waals surface area contributed by atoms with E-state index in [-0.39, 0.29) is 5.41 Å². The summed E-state index contributed by atoms with van der Waals surface area (Å²) >= 11 is 0. The van der Waals surface area contributed by atoms with E-state index < -0.39 is 12.1 Å². The van der Waals surface area contributed by atoms with Crippen LogP contribution in [0.1, 0.15) is 64.2 Å². The van der Waals surface area contributed by atoms with Crippen molar-refractivity contribution in [1.29, 1.82) is 0 Å². The van der Waals surface area contributed by atoms with Gasteiger partial charge in [0.1, 0.15) is 0 Å². The zero-order valence-electron chi connectivity index (χ0n) is 14.2. The summed E-state index contributed by atoms with van der Waals surface area (Å²) in [6.45, 7) is 0.507. The molecule has 2 saturated carbocycles. The highest BCUT2D eigenvalue weighted by atomic mass is 16.5. The molecule has 0 aromatic rings. The molecule has 0 bridgehead atoms. The van der Waals surface area contributed by atoms with Gasteiger partial charge in [0.15, 0.2) is 6.10 Å². The Hall–Kier alpha value is -0.610. The number of hydrogen-bond acceptors (Lipinski definition) is 3. The zero-order valence-corrected chi connectivity index (χ0v) is 14.2. The lowest BCUT2D eigenvalue weighted by molar-refractivity contribution is -0.179. The van der Waals surface area contributed by atoms with Gasteiger partial charge in [0.05, 0.1) is 6.61 Å². The standard InChI is InChI=1S/C18H32O4/c1-21-13-18(16(22-2)17(19)20,14-9-5-3-6-10-14)15-11-7-4-8-12-15/h14-16H,3-13H2,1-2H3,(H,19,20). The summed E-state index contributed by atoms with van der Waals surface area (Å²) in [5, 5.41) is 9.82. The summed E-state index contributed by atoms with van der Waals surface area (Å²) in [5.74, 6) is -0.00797. The highest BCUT2D eigenvalue weighted by molar-refractivity contribution is 5.73. The van der Waals surface area contributed by atoms with Crippen LogP contribution in [0.15, 0.2) is 0 Å². The molecule has 2 aliphatic rings. The molecule has 2 rings (SSSR count). The molecule has 0 aliphatic heterocycles. The molecule has 4 nitrogen and oxygen atoms in total. The van der Waals surface area contributed by atoms with E-state index in [9.17, 15) is 9.90 Å². The van der Waals surface area contributed by atoms with Crippen LogP contribution in [-0.4, -0.2) is 38.0 Å². The first-order chi connectivity index (χ1) is 10.7. The van der Waals surface area contributed by atoms with Crippen molar-refractivity contribution in [3.63, 3.8) is 0 Å². The summed E-state index contributed by atoms with van der Waals surface area (Å²) in [6.07, 6.45) is 11.1. The first-order valence-corrected chi connectivity index (χ1v) is 8.91. The first kappa shape index (κ1) is 17.7. The highest BCUT2D eigenvalue weighted by Gasteiger charge is 2.54. The molecule has 0 heterocycles. The Morgan fingerprint density at radius 2 is 1.45 bits per heavy atom. The average molecular weight is 312 g/mol. The smallest absolute Gasteiger partial charge is 0.333 e. The molecule has 1 unspecified atom stereocenters. The predicted octanol–water partition coefficient (Wildman–Crippen LogP) is 3.88. The van der Waals surface area contributed by atoms with Gasteiger partial charge in [-0.1, -0.05) is 38.5 Å². The Balaban J connectivity index is 2.38. The monoisotopic (exact) mass is 312 g/mol. The third kappa shape index (κ3) is 3.48. The second-order valence-corrected chi connectivity index (χ2v) is 7.17. The fourth-order valence-electron chi connectivity index (χ4n) is 5.15. The number of methoxy groups -OCH3 is 2. The fourth-order valence-corrected chi connectivity index (χ4v) is 5.15. The number of carboxylic acids is 1. The molecule has 1 N–H and O–H groups in total. The van der Waals surface area contributed by atoms with Crippen molar-refractivity contribution in [3.8, 4) is 0 Å². The normalized spacial score (nSPS) is 23.4. The van der Waals surface area contributed by atoms with Gasteiger partial charge in [0.2, 0.25) is 0 Å². The third-order valence-corrected chi connectivity index (χ3v) is 6.07. The van der Waals surface area contributed by atoms with Crippen molar-refractivity contribution < 1.29 is 19.4 Å². The summed E-state index contributed by atoms with van der Waals surface area (Å²) in [4.78, 5) is 12.0. The molecule has 128 valence electrons. The van der Waals surface area contributed by atoms with Crippen LogP contribution in [0.4, 0.5) is 0 Å². The maximum Gasteiger partial charge on any atom is 0.333 e. The average Bonchev–Trinajstić information content (AvgIpc) is 2.56. The number of aliphatic carboxylic acids is 1. The van der Waals surface area contributed by atoms with Crippen molar-refractivity contribution in [2.45, 2.75) is 70.3 Å². The molecular formula is C18H32O4. The van der Waals surface area contributed by atoms with E-state index >= 15 is 0 Å². The lowest BCUT2D eigenvalue weighted by Gasteiger charge is -2.51. The number of carboxylic acid groups (broad SMARTS) is 1. The predicted molar refractivity (Wildman–Crippen MR) is 85.9 cm³/mol. The van der Waals surface area contributed by atoms with E-state index in [1.165, 1.54) is 38.5 Å². The summed E-state index contributed by atoms with van der Waals surface area (Å²) < 4.78 is 11.2. The van der Waals surface area contributed by atoms with Gasteiger partial charge in [-0.3, -0.25) is 0 Å². The minimum Gasteiger partial charge on any atom is -0.479 e. The summed E-state index contributed by atoms with van der Waals surface area (Å²) in [7, 11) is 3.25. The van der Waals surface area contributed by atoms with Gasteiger partial charge in [0.25, 0.3) is 0 Å². The number of hydrogen-bond donors (Lipinski definition) is 1. The molecule has 4 heteroatoms. The number of rotatable bonds is 7. The Kier molecular flexibility index (Phi) is 6.69. The Morgan fingerprint density at radius 1 is 1.00 bits per heavy atom. The lowest BCUT2D eigenvalue weighted by atomic mass is 9.56.